The lowest BCUT2D eigenvalue weighted by molar-refractivity contribution is 0.505. The van der Waals surface area contributed by atoms with Crippen molar-refractivity contribution in [3.05, 3.63) is 0 Å². The maximum absolute atomic E-state index is 5.00. The van der Waals surface area contributed by atoms with Gasteiger partial charge >= 0.3 is 0 Å². The van der Waals surface area contributed by atoms with Gasteiger partial charge in [0, 0.05) is 5.88 Å². The topological polar surface area (TPSA) is 3.24 Å². The number of hydrogen-bond donors (Lipinski definition) is 0. The van der Waals surface area contributed by atoms with Gasteiger partial charge in [0.1, 0.15) is 0 Å². The first-order valence-electron chi connectivity index (χ1n) is 2.32. The molecule has 0 saturated carbocycles. The molecule has 0 bridgehead atoms. The summed E-state index contributed by atoms with van der Waals surface area (Å²) in [5, 5.41) is 0. The van der Waals surface area contributed by atoms with Gasteiger partial charge < -0.3 is 4.90 Å². The van der Waals surface area contributed by atoms with Gasteiger partial charge in [-0.25, -0.2) is 0 Å². The Morgan fingerprint density at radius 3 is 1.25 bits per heavy atom. The summed E-state index contributed by atoms with van der Waals surface area (Å²) in [4.78, 5) is 2.00. The van der Waals surface area contributed by atoms with Crippen molar-refractivity contribution in [3.8, 4) is 0 Å². The molecule has 0 rings (SSSR count). The van der Waals surface area contributed by atoms with Crippen LogP contribution in [0.5, 0.6) is 0 Å². The van der Waals surface area contributed by atoms with E-state index in [0.717, 1.165) is 5.88 Å². The number of nitrogens with zero attached hydrogens (tertiary/aromatic N) is 1. The van der Waals surface area contributed by atoms with Crippen LogP contribution in [0.2, 0.25) is 0 Å². The fourth-order valence-corrected chi connectivity index (χ4v) is 0. The van der Waals surface area contributed by atoms with E-state index in [1.54, 1.807) is 0 Å². The summed E-state index contributed by atoms with van der Waals surface area (Å²) < 4.78 is 0. The Morgan fingerprint density at radius 1 is 1.25 bits per heavy atom. The second-order valence-electron chi connectivity index (χ2n) is 1.61. The molecule has 0 aliphatic heterocycles. The number of halogens is 2. The summed E-state index contributed by atoms with van der Waals surface area (Å²) in [6, 6.07) is 0. The summed E-state index contributed by atoms with van der Waals surface area (Å²) in [6.07, 6.45) is 0. The third-order valence-corrected chi connectivity index (χ3v) is 0. The highest BCUT2D eigenvalue weighted by molar-refractivity contribution is 6.17. The monoisotopic (exact) mass is 159 g/mol. The van der Waals surface area contributed by atoms with Crippen LogP contribution in [0.3, 0.4) is 0 Å². The van der Waals surface area contributed by atoms with Gasteiger partial charge in [0.05, 0.1) is 0 Å². The summed E-state index contributed by atoms with van der Waals surface area (Å²) in [5.41, 5.74) is 0. The van der Waals surface area contributed by atoms with Crippen molar-refractivity contribution in [2.75, 3.05) is 27.0 Å². The van der Waals surface area contributed by atoms with Crippen LogP contribution in [0.25, 0.3) is 0 Å². The van der Waals surface area contributed by atoms with Crippen LogP contribution in [0.1, 0.15) is 6.92 Å². The van der Waals surface area contributed by atoms with Crippen molar-refractivity contribution in [1.82, 2.24) is 4.90 Å². The molecule has 0 N–H and O–H groups in total. The van der Waals surface area contributed by atoms with Gasteiger partial charge in [-0.15, -0.1) is 24.0 Å². The zero-order chi connectivity index (χ0) is 6.28. The van der Waals surface area contributed by atoms with E-state index < -0.39 is 0 Å². The highest BCUT2D eigenvalue weighted by Crippen LogP contribution is 1.59. The fourth-order valence-electron chi connectivity index (χ4n) is 0. The highest BCUT2D eigenvalue weighted by atomic mass is 35.5. The summed E-state index contributed by atoms with van der Waals surface area (Å²) in [5.74, 6) is 0.722. The van der Waals surface area contributed by atoms with Gasteiger partial charge in [0.2, 0.25) is 0 Å². The van der Waals surface area contributed by atoms with Crippen molar-refractivity contribution in [3.63, 3.8) is 0 Å². The summed E-state index contributed by atoms with van der Waals surface area (Å²) >= 11 is 5.00. The normalized spacial score (nSPS) is 6.75. The molecule has 0 aromatic rings. The Morgan fingerprint density at radius 2 is 1.25 bits per heavy atom. The molecule has 0 aliphatic carbocycles. The van der Waals surface area contributed by atoms with Gasteiger partial charge in [-0.1, -0.05) is 6.92 Å². The lowest BCUT2D eigenvalue weighted by Gasteiger charge is -1.90. The van der Waals surface area contributed by atoms with Crippen LogP contribution in [0.15, 0.2) is 0 Å². The van der Waals surface area contributed by atoms with Crippen LogP contribution in [-0.4, -0.2) is 31.9 Å². The Bertz CT molecular complexity index is 21.6. The van der Waals surface area contributed by atoms with Gasteiger partial charge in [0.25, 0.3) is 0 Å². The smallest absolute Gasteiger partial charge is 0.0195 e. The van der Waals surface area contributed by atoms with E-state index in [9.17, 15) is 0 Å². The van der Waals surface area contributed by atoms with Crippen molar-refractivity contribution >= 4 is 24.0 Å². The van der Waals surface area contributed by atoms with E-state index in [1.807, 2.05) is 33.0 Å². The van der Waals surface area contributed by atoms with E-state index in [2.05, 4.69) is 0 Å². The van der Waals surface area contributed by atoms with E-state index in [-0.39, 0.29) is 12.4 Å². The van der Waals surface area contributed by atoms with Gasteiger partial charge in [-0.05, 0) is 21.1 Å². The van der Waals surface area contributed by atoms with E-state index in [4.69, 9.17) is 11.6 Å². The third-order valence-electron chi connectivity index (χ3n) is 0. The minimum absolute atomic E-state index is 0. The molecule has 0 unspecified atom stereocenters. The minimum atomic E-state index is 0. The second-order valence-corrected chi connectivity index (χ2v) is 2.14. The van der Waals surface area contributed by atoms with Gasteiger partial charge in [-0.3, -0.25) is 0 Å². The molecule has 1 nitrogen and oxygen atoms in total. The summed E-state index contributed by atoms with van der Waals surface area (Å²) in [6.45, 7) is 1.89. The predicted octanol–water partition coefficient (Wildman–Crippen LogP) is 1.84. The van der Waals surface area contributed by atoms with Crippen LogP contribution in [0.4, 0.5) is 0 Å². The zero-order valence-corrected chi connectivity index (χ0v) is 7.51. The molecule has 0 fully saturated rings. The largest absolute Gasteiger partial charge is 0.312 e. The molecule has 54 valence electrons. The van der Waals surface area contributed by atoms with Crippen LogP contribution < -0.4 is 0 Å². The molecule has 0 spiro atoms. The van der Waals surface area contributed by atoms with Crippen molar-refractivity contribution < 1.29 is 0 Å². The predicted molar refractivity (Wildman–Crippen MR) is 43.3 cm³/mol. The Balaban J connectivity index is -0.0000000575. The molecule has 0 aromatic carbocycles. The Labute approximate surface area is 63.4 Å². The maximum Gasteiger partial charge on any atom is 0.0195 e. The third kappa shape index (κ3) is 688. The SMILES string of the molecule is CCCl.CN(C)C.Cl. The quantitative estimate of drug-likeness (QED) is 0.489. The minimum Gasteiger partial charge on any atom is -0.312 e. The molecule has 0 atom stereocenters. The van der Waals surface area contributed by atoms with Crippen LogP contribution in [0, 0.1) is 0 Å². The van der Waals surface area contributed by atoms with Crippen molar-refractivity contribution in [1.29, 1.82) is 0 Å². The molecule has 0 aromatic heterocycles. The first-order valence-corrected chi connectivity index (χ1v) is 2.85. The number of alkyl halides is 1. The molecule has 0 saturated heterocycles. The molecule has 0 amide bonds. The second kappa shape index (κ2) is 15.6. The van der Waals surface area contributed by atoms with Gasteiger partial charge in [-0.2, -0.15) is 0 Å². The molecular weight excluding hydrogens is 145 g/mol. The first kappa shape index (κ1) is 15.8. The number of rotatable bonds is 0. The van der Waals surface area contributed by atoms with Crippen LogP contribution in [-0.2, 0) is 0 Å². The summed E-state index contributed by atoms with van der Waals surface area (Å²) in [7, 11) is 6.00. The molecule has 0 aliphatic rings. The highest BCUT2D eigenvalue weighted by Gasteiger charge is 1.58. The number of hydrogen-bond acceptors (Lipinski definition) is 1. The molecule has 0 radical (unpaired) electrons. The molecule has 3 heteroatoms. The van der Waals surface area contributed by atoms with E-state index >= 15 is 0 Å². The Kier molecular flexibility index (Phi) is 30.9. The van der Waals surface area contributed by atoms with Gasteiger partial charge in [0.15, 0.2) is 0 Å². The molecule has 8 heavy (non-hydrogen) atoms. The van der Waals surface area contributed by atoms with E-state index in [0.29, 0.717) is 0 Å². The average Bonchev–Trinajstić information content (AvgIpc) is 1.33. The molecule has 0 heterocycles. The van der Waals surface area contributed by atoms with Crippen molar-refractivity contribution in [2.45, 2.75) is 6.92 Å². The van der Waals surface area contributed by atoms with Crippen molar-refractivity contribution in [2.24, 2.45) is 0 Å². The van der Waals surface area contributed by atoms with Crippen LogP contribution >= 0.6 is 24.0 Å². The average molecular weight is 160 g/mol. The Hall–Kier alpha value is 0.540. The molecular formula is C5H15Cl2N. The lowest BCUT2D eigenvalue weighted by Crippen LogP contribution is -1.99. The standard InChI is InChI=1S/C3H9N.C2H5Cl.ClH/c1-4(2)3;1-2-3;/h1-3H3;2H2,1H3;1H. The first-order chi connectivity index (χ1) is 3.15. The van der Waals surface area contributed by atoms with E-state index in [1.165, 1.54) is 0 Å². The fraction of sp³-hybridized carbons (Fsp3) is 1.00. The maximum atomic E-state index is 5.00. The lowest BCUT2D eigenvalue weighted by atomic mass is 11.0. The zero-order valence-electron chi connectivity index (χ0n) is 5.94.